The molecule has 0 bridgehead atoms. The lowest BCUT2D eigenvalue weighted by Gasteiger charge is -2.17. The van der Waals surface area contributed by atoms with E-state index in [4.69, 9.17) is 15.3 Å². The van der Waals surface area contributed by atoms with Crippen molar-refractivity contribution in [2.45, 2.75) is 25.2 Å². The van der Waals surface area contributed by atoms with Gasteiger partial charge in [0.05, 0.1) is 13.2 Å². The number of aliphatic hydroxyl groups excluding tert-OH is 3. The van der Waals surface area contributed by atoms with Crippen molar-refractivity contribution in [1.29, 1.82) is 0 Å². The lowest BCUT2D eigenvalue weighted by molar-refractivity contribution is -0.161. The molecule has 0 aromatic heterocycles. The highest BCUT2D eigenvalue weighted by atomic mass is 16.5. The second-order valence-corrected chi connectivity index (χ2v) is 2.20. The average molecular weight is 164 g/mol. The summed E-state index contributed by atoms with van der Waals surface area (Å²) in [4.78, 5) is 10.5. The van der Waals surface area contributed by atoms with E-state index in [1.54, 1.807) is 0 Å². The van der Waals surface area contributed by atoms with E-state index in [-0.39, 0.29) is 0 Å². The van der Waals surface area contributed by atoms with Crippen molar-refractivity contribution in [3.63, 3.8) is 0 Å². The lowest BCUT2D eigenvalue weighted by atomic mass is 10.1. The Kier molecular flexibility index (Phi) is 4.02. The summed E-state index contributed by atoms with van der Waals surface area (Å²) in [6.45, 7) is 1.26. The van der Waals surface area contributed by atoms with Crippen LogP contribution in [0.1, 0.15) is 6.92 Å². The number of aliphatic hydroxyl groups is 3. The van der Waals surface area contributed by atoms with E-state index in [1.807, 2.05) is 0 Å². The van der Waals surface area contributed by atoms with Gasteiger partial charge in [-0.25, -0.2) is 4.79 Å². The fraction of sp³-hybridized carbons (Fsp3) is 0.833. The topological polar surface area (TPSA) is 87.0 Å². The van der Waals surface area contributed by atoms with E-state index in [1.165, 1.54) is 6.92 Å². The van der Waals surface area contributed by atoms with Crippen LogP contribution in [0, 0.1) is 0 Å². The second kappa shape index (κ2) is 4.27. The number of rotatable bonds is 3. The molecule has 0 aliphatic heterocycles. The van der Waals surface area contributed by atoms with Gasteiger partial charge in [0.2, 0.25) is 0 Å². The molecule has 0 rings (SSSR count). The molecule has 0 aromatic carbocycles. The van der Waals surface area contributed by atoms with E-state index in [0.29, 0.717) is 0 Å². The monoisotopic (exact) mass is 164 g/mol. The molecular weight excluding hydrogens is 152 g/mol. The zero-order valence-electron chi connectivity index (χ0n) is 6.39. The number of esters is 1. The molecule has 0 spiro atoms. The third kappa shape index (κ3) is 2.83. The van der Waals surface area contributed by atoms with Gasteiger partial charge in [-0.2, -0.15) is 0 Å². The van der Waals surface area contributed by atoms with E-state index < -0.39 is 24.3 Å². The standard InChI is InChI=1S/C6H12O5/c1-3(7)4(8)5(9)6(10)11-2/h3-5,7-9H,1-2H3/t3-,4+,5-/m1/s1. The van der Waals surface area contributed by atoms with Gasteiger partial charge < -0.3 is 20.1 Å². The molecule has 0 aliphatic rings. The molecule has 0 saturated carbocycles. The first-order valence-corrected chi connectivity index (χ1v) is 3.12. The van der Waals surface area contributed by atoms with Gasteiger partial charge in [-0.3, -0.25) is 0 Å². The van der Waals surface area contributed by atoms with Crippen LogP contribution < -0.4 is 0 Å². The van der Waals surface area contributed by atoms with Crippen molar-refractivity contribution in [2.75, 3.05) is 7.11 Å². The number of methoxy groups -OCH3 is 1. The Hall–Kier alpha value is -0.650. The van der Waals surface area contributed by atoms with Crippen molar-refractivity contribution in [3.05, 3.63) is 0 Å². The van der Waals surface area contributed by atoms with Crippen LogP contribution in [0.4, 0.5) is 0 Å². The Morgan fingerprint density at radius 1 is 1.36 bits per heavy atom. The lowest BCUT2D eigenvalue weighted by Crippen LogP contribution is -2.41. The van der Waals surface area contributed by atoms with Crippen LogP contribution in [0.5, 0.6) is 0 Å². The van der Waals surface area contributed by atoms with Crippen LogP contribution in [0.2, 0.25) is 0 Å². The number of carbonyl (C=O) groups is 1. The van der Waals surface area contributed by atoms with Crippen molar-refractivity contribution in [1.82, 2.24) is 0 Å². The van der Waals surface area contributed by atoms with E-state index in [0.717, 1.165) is 7.11 Å². The molecule has 5 nitrogen and oxygen atoms in total. The molecule has 3 N–H and O–H groups in total. The van der Waals surface area contributed by atoms with Crippen LogP contribution in [0.25, 0.3) is 0 Å². The Morgan fingerprint density at radius 2 is 1.82 bits per heavy atom. The fourth-order valence-corrected chi connectivity index (χ4v) is 0.524. The summed E-state index contributed by atoms with van der Waals surface area (Å²) in [5, 5.41) is 26.5. The minimum atomic E-state index is -1.68. The zero-order chi connectivity index (χ0) is 9.02. The third-order valence-electron chi connectivity index (χ3n) is 1.26. The molecule has 0 saturated heterocycles. The average Bonchev–Trinajstić information content (AvgIpc) is 2.00. The summed E-state index contributed by atoms with van der Waals surface area (Å²) in [7, 11) is 1.08. The molecular formula is C6H12O5. The highest BCUT2D eigenvalue weighted by Crippen LogP contribution is 2.00. The van der Waals surface area contributed by atoms with Crippen molar-refractivity contribution in [2.24, 2.45) is 0 Å². The summed E-state index contributed by atoms with van der Waals surface area (Å²) in [6.07, 6.45) is -4.34. The number of hydrogen-bond acceptors (Lipinski definition) is 5. The molecule has 0 aromatic rings. The minimum absolute atomic E-state index is 0.960. The summed E-state index contributed by atoms with van der Waals surface area (Å²) in [5.74, 6) is -0.960. The van der Waals surface area contributed by atoms with Crippen LogP contribution in [0.3, 0.4) is 0 Å². The van der Waals surface area contributed by atoms with E-state index in [9.17, 15) is 4.79 Å². The van der Waals surface area contributed by atoms with Gasteiger partial charge in [0, 0.05) is 0 Å². The molecule has 11 heavy (non-hydrogen) atoms. The number of carbonyl (C=O) groups excluding carboxylic acids is 1. The Morgan fingerprint density at radius 3 is 2.09 bits per heavy atom. The molecule has 0 aliphatic carbocycles. The number of ether oxygens (including phenoxy) is 1. The highest BCUT2D eigenvalue weighted by molar-refractivity contribution is 5.74. The maximum Gasteiger partial charge on any atom is 0.337 e. The van der Waals surface area contributed by atoms with E-state index >= 15 is 0 Å². The first-order chi connectivity index (χ1) is 5.00. The normalized spacial score (nSPS) is 18.6. The minimum Gasteiger partial charge on any atom is -0.467 e. The Bertz CT molecular complexity index is 133. The molecule has 0 heterocycles. The van der Waals surface area contributed by atoms with Crippen LogP contribution in [-0.4, -0.2) is 46.7 Å². The van der Waals surface area contributed by atoms with E-state index in [2.05, 4.69) is 4.74 Å². The van der Waals surface area contributed by atoms with Gasteiger partial charge in [0.1, 0.15) is 6.10 Å². The number of hydrogen-bond donors (Lipinski definition) is 3. The third-order valence-corrected chi connectivity index (χ3v) is 1.26. The summed E-state index contributed by atoms with van der Waals surface area (Å²) < 4.78 is 4.12. The van der Waals surface area contributed by atoms with Crippen LogP contribution >= 0.6 is 0 Å². The first-order valence-electron chi connectivity index (χ1n) is 3.12. The van der Waals surface area contributed by atoms with Gasteiger partial charge in [-0.05, 0) is 6.92 Å². The summed E-state index contributed by atoms with van der Waals surface area (Å²) in [6, 6.07) is 0. The molecule has 0 amide bonds. The molecule has 0 radical (unpaired) electrons. The van der Waals surface area contributed by atoms with Gasteiger partial charge in [-0.15, -0.1) is 0 Å². The van der Waals surface area contributed by atoms with Crippen molar-refractivity contribution in [3.8, 4) is 0 Å². The first kappa shape index (κ1) is 10.3. The molecule has 5 heteroatoms. The quantitative estimate of drug-likeness (QED) is 0.431. The Balaban J connectivity index is 4.01. The SMILES string of the molecule is COC(=O)[C@H](O)[C@@H](O)[C@@H](C)O. The van der Waals surface area contributed by atoms with Crippen molar-refractivity contribution >= 4 is 5.97 Å². The smallest absolute Gasteiger partial charge is 0.337 e. The fourth-order valence-electron chi connectivity index (χ4n) is 0.524. The van der Waals surface area contributed by atoms with Gasteiger partial charge in [0.15, 0.2) is 6.10 Å². The zero-order valence-corrected chi connectivity index (χ0v) is 6.39. The van der Waals surface area contributed by atoms with Crippen molar-refractivity contribution < 1.29 is 24.9 Å². The summed E-state index contributed by atoms with van der Waals surface area (Å²) in [5.41, 5.74) is 0. The second-order valence-electron chi connectivity index (χ2n) is 2.20. The van der Waals surface area contributed by atoms with Crippen LogP contribution in [-0.2, 0) is 9.53 Å². The molecule has 66 valence electrons. The van der Waals surface area contributed by atoms with Gasteiger partial charge in [0.25, 0.3) is 0 Å². The predicted molar refractivity (Wildman–Crippen MR) is 35.7 cm³/mol. The molecule has 0 unspecified atom stereocenters. The highest BCUT2D eigenvalue weighted by Gasteiger charge is 2.28. The van der Waals surface area contributed by atoms with Gasteiger partial charge in [-0.1, -0.05) is 0 Å². The largest absolute Gasteiger partial charge is 0.467 e. The predicted octanol–water partition coefficient (Wildman–Crippen LogP) is -1.74. The maximum absolute atomic E-state index is 10.5. The Labute approximate surface area is 64.2 Å². The molecule has 3 atom stereocenters. The van der Waals surface area contributed by atoms with Crippen LogP contribution in [0.15, 0.2) is 0 Å². The summed E-state index contributed by atoms with van der Waals surface area (Å²) >= 11 is 0. The molecule has 0 fully saturated rings. The van der Waals surface area contributed by atoms with Gasteiger partial charge >= 0.3 is 5.97 Å². The maximum atomic E-state index is 10.5.